The lowest BCUT2D eigenvalue weighted by molar-refractivity contribution is 0.0756. The van der Waals surface area contributed by atoms with Crippen LogP contribution in [0.25, 0.3) is 0 Å². The fraction of sp³-hybridized carbons (Fsp3) is 0.500. The van der Waals surface area contributed by atoms with Crippen molar-refractivity contribution in [1.29, 1.82) is 0 Å². The molecule has 2 aromatic rings. The molecule has 3 rings (SSSR count). The summed E-state index contributed by atoms with van der Waals surface area (Å²) in [5, 5.41) is 4.47. The van der Waals surface area contributed by atoms with E-state index in [0.717, 1.165) is 51.1 Å². The molecule has 0 bridgehead atoms. The first kappa shape index (κ1) is 17.5. The maximum Gasteiger partial charge on any atom is 0.272 e. The predicted molar refractivity (Wildman–Crippen MR) is 101 cm³/mol. The molecule has 2 heterocycles. The number of benzene rings is 1. The van der Waals surface area contributed by atoms with Gasteiger partial charge < -0.3 is 9.80 Å². The van der Waals surface area contributed by atoms with Gasteiger partial charge in [0.25, 0.3) is 5.91 Å². The quantitative estimate of drug-likeness (QED) is 0.859. The standard InChI is InChI=1S/C20H28N4O/c1-4-8-17-15-19(22(3)21-17)20(25)24-12-7-11-23(13-14-24)18-10-6-5-9-16(18)2/h5-6,9-10,15H,4,7-8,11-14H2,1-3H3. The molecular formula is C20H28N4O. The maximum absolute atomic E-state index is 12.9. The van der Waals surface area contributed by atoms with Crippen molar-refractivity contribution in [1.82, 2.24) is 14.7 Å². The number of hydrogen-bond acceptors (Lipinski definition) is 3. The van der Waals surface area contributed by atoms with Crippen molar-refractivity contribution in [3.8, 4) is 0 Å². The summed E-state index contributed by atoms with van der Waals surface area (Å²) in [4.78, 5) is 17.3. The van der Waals surface area contributed by atoms with Crippen molar-refractivity contribution in [2.75, 3.05) is 31.1 Å². The summed E-state index contributed by atoms with van der Waals surface area (Å²) < 4.78 is 1.73. The van der Waals surface area contributed by atoms with Crippen LogP contribution >= 0.6 is 0 Å². The van der Waals surface area contributed by atoms with Crippen LogP contribution in [0.1, 0.15) is 41.5 Å². The molecule has 0 radical (unpaired) electrons. The molecule has 1 saturated heterocycles. The van der Waals surface area contributed by atoms with Crippen LogP contribution in [0.4, 0.5) is 5.69 Å². The smallest absolute Gasteiger partial charge is 0.272 e. The molecule has 0 saturated carbocycles. The fourth-order valence-corrected chi connectivity index (χ4v) is 3.55. The van der Waals surface area contributed by atoms with Gasteiger partial charge in [0.2, 0.25) is 0 Å². The third-order valence-electron chi connectivity index (χ3n) is 4.89. The molecule has 5 nitrogen and oxygen atoms in total. The number of aryl methyl sites for hydroxylation is 3. The van der Waals surface area contributed by atoms with E-state index >= 15 is 0 Å². The Balaban J connectivity index is 1.70. The third-order valence-corrected chi connectivity index (χ3v) is 4.89. The number of rotatable bonds is 4. The highest BCUT2D eigenvalue weighted by Gasteiger charge is 2.23. The number of nitrogens with zero attached hydrogens (tertiary/aromatic N) is 4. The average molecular weight is 340 g/mol. The molecule has 1 aliphatic rings. The van der Waals surface area contributed by atoms with E-state index in [4.69, 9.17) is 0 Å². The second-order valence-corrected chi connectivity index (χ2v) is 6.81. The SMILES string of the molecule is CCCc1cc(C(=O)N2CCCN(c3ccccc3C)CC2)n(C)n1. The summed E-state index contributed by atoms with van der Waals surface area (Å²) >= 11 is 0. The first-order valence-corrected chi connectivity index (χ1v) is 9.23. The number of hydrogen-bond donors (Lipinski definition) is 0. The van der Waals surface area contributed by atoms with Crippen LogP contribution in [0.5, 0.6) is 0 Å². The van der Waals surface area contributed by atoms with Crippen molar-refractivity contribution in [2.45, 2.75) is 33.1 Å². The van der Waals surface area contributed by atoms with Crippen LogP contribution in [0.15, 0.2) is 30.3 Å². The second-order valence-electron chi connectivity index (χ2n) is 6.81. The third kappa shape index (κ3) is 3.86. The molecular weight excluding hydrogens is 312 g/mol. The van der Waals surface area contributed by atoms with E-state index in [-0.39, 0.29) is 5.91 Å². The highest BCUT2D eigenvalue weighted by atomic mass is 16.2. The summed E-state index contributed by atoms with van der Waals surface area (Å²) in [5.74, 6) is 0.101. The Morgan fingerprint density at radius 1 is 1.16 bits per heavy atom. The van der Waals surface area contributed by atoms with Gasteiger partial charge in [-0.15, -0.1) is 0 Å². The Hall–Kier alpha value is -2.30. The lowest BCUT2D eigenvalue weighted by Crippen LogP contribution is -2.36. The minimum Gasteiger partial charge on any atom is -0.369 e. The number of aromatic nitrogens is 2. The molecule has 1 aliphatic heterocycles. The summed E-state index contributed by atoms with van der Waals surface area (Å²) in [6, 6.07) is 10.4. The largest absolute Gasteiger partial charge is 0.369 e. The first-order valence-electron chi connectivity index (χ1n) is 9.23. The molecule has 0 N–H and O–H groups in total. The van der Waals surface area contributed by atoms with Gasteiger partial charge in [-0.1, -0.05) is 31.5 Å². The number of carbonyl (C=O) groups excluding carboxylic acids is 1. The predicted octanol–water partition coefficient (Wildman–Crippen LogP) is 3.03. The molecule has 0 unspecified atom stereocenters. The van der Waals surface area contributed by atoms with Gasteiger partial charge in [-0.3, -0.25) is 9.48 Å². The van der Waals surface area contributed by atoms with E-state index < -0.39 is 0 Å². The van der Waals surface area contributed by atoms with Crippen LogP contribution in [0.2, 0.25) is 0 Å². The summed E-state index contributed by atoms with van der Waals surface area (Å²) in [7, 11) is 1.86. The van der Waals surface area contributed by atoms with Crippen molar-refractivity contribution in [3.05, 3.63) is 47.3 Å². The summed E-state index contributed by atoms with van der Waals surface area (Å²) in [6.07, 6.45) is 2.95. The Bertz CT molecular complexity index is 737. The molecule has 0 atom stereocenters. The van der Waals surface area contributed by atoms with Gasteiger partial charge in [0, 0.05) is 38.9 Å². The summed E-state index contributed by atoms with van der Waals surface area (Å²) in [6.45, 7) is 7.69. The first-order chi connectivity index (χ1) is 12.1. The summed E-state index contributed by atoms with van der Waals surface area (Å²) in [5.41, 5.74) is 4.28. The van der Waals surface area contributed by atoms with Crippen LogP contribution in [0, 0.1) is 6.92 Å². The number of anilines is 1. The Kier molecular flexibility index (Phi) is 5.41. The minimum atomic E-state index is 0.101. The molecule has 1 aromatic carbocycles. The fourth-order valence-electron chi connectivity index (χ4n) is 3.55. The minimum absolute atomic E-state index is 0.101. The molecule has 5 heteroatoms. The highest BCUT2D eigenvalue weighted by molar-refractivity contribution is 5.92. The number of carbonyl (C=O) groups is 1. The molecule has 1 amide bonds. The van der Waals surface area contributed by atoms with E-state index in [9.17, 15) is 4.79 Å². The number of para-hydroxylation sites is 1. The van der Waals surface area contributed by atoms with Gasteiger partial charge >= 0.3 is 0 Å². The topological polar surface area (TPSA) is 41.4 Å². The molecule has 1 fully saturated rings. The van der Waals surface area contributed by atoms with E-state index in [1.54, 1.807) is 4.68 Å². The normalized spacial score (nSPS) is 15.3. The Morgan fingerprint density at radius 2 is 1.96 bits per heavy atom. The van der Waals surface area contributed by atoms with Crippen LogP contribution in [0.3, 0.4) is 0 Å². The molecule has 134 valence electrons. The van der Waals surface area contributed by atoms with Crippen molar-refractivity contribution >= 4 is 11.6 Å². The van der Waals surface area contributed by atoms with E-state index in [2.05, 4.69) is 48.1 Å². The maximum atomic E-state index is 12.9. The van der Waals surface area contributed by atoms with E-state index in [0.29, 0.717) is 5.69 Å². The molecule has 25 heavy (non-hydrogen) atoms. The lowest BCUT2D eigenvalue weighted by atomic mass is 10.2. The van der Waals surface area contributed by atoms with Crippen LogP contribution < -0.4 is 4.90 Å². The monoisotopic (exact) mass is 340 g/mol. The van der Waals surface area contributed by atoms with Crippen LogP contribution in [-0.2, 0) is 13.5 Å². The molecule has 0 spiro atoms. The van der Waals surface area contributed by atoms with E-state index in [1.165, 1.54) is 11.3 Å². The lowest BCUT2D eigenvalue weighted by Gasteiger charge is -2.25. The Labute approximate surface area is 150 Å². The zero-order chi connectivity index (χ0) is 17.8. The zero-order valence-electron chi connectivity index (χ0n) is 15.5. The average Bonchev–Trinajstić information content (AvgIpc) is 2.82. The second kappa shape index (κ2) is 7.72. The van der Waals surface area contributed by atoms with Crippen molar-refractivity contribution < 1.29 is 4.79 Å². The van der Waals surface area contributed by atoms with Gasteiger partial charge in [-0.2, -0.15) is 5.10 Å². The number of amides is 1. The molecule has 1 aromatic heterocycles. The van der Waals surface area contributed by atoms with Crippen LogP contribution in [-0.4, -0.2) is 46.8 Å². The van der Waals surface area contributed by atoms with Crippen molar-refractivity contribution in [3.63, 3.8) is 0 Å². The van der Waals surface area contributed by atoms with Gasteiger partial charge in [0.1, 0.15) is 5.69 Å². The zero-order valence-corrected chi connectivity index (χ0v) is 15.5. The van der Waals surface area contributed by atoms with Gasteiger partial charge in [-0.25, -0.2) is 0 Å². The highest BCUT2D eigenvalue weighted by Crippen LogP contribution is 2.21. The molecule has 0 aliphatic carbocycles. The van der Waals surface area contributed by atoms with Crippen molar-refractivity contribution in [2.24, 2.45) is 7.05 Å². The van der Waals surface area contributed by atoms with E-state index in [1.807, 2.05) is 18.0 Å². The van der Waals surface area contributed by atoms with Gasteiger partial charge in [0.15, 0.2) is 0 Å². The Morgan fingerprint density at radius 3 is 2.72 bits per heavy atom. The van der Waals surface area contributed by atoms with Gasteiger partial charge in [-0.05, 0) is 37.5 Å². The van der Waals surface area contributed by atoms with Gasteiger partial charge in [0.05, 0.1) is 5.69 Å².